The van der Waals surface area contributed by atoms with Gasteiger partial charge in [0.05, 0.1) is 30.3 Å². The maximum atomic E-state index is 12.7. The van der Waals surface area contributed by atoms with E-state index in [4.69, 9.17) is 25.9 Å². The first-order valence-corrected chi connectivity index (χ1v) is 11.9. The highest BCUT2D eigenvalue weighted by atomic mass is 35.5. The van der Waals surface area contributed by atoms with Gasteiger partial charge in [-0.1, -0.05) is 28.9 Å². The fraction of sp³-hybridized carbons (Fsp3) is 0.375. The molecule has 2 atom stereocenters. The Hall–Kier alpha value is -3.54. The van der Waals surface area contributed by atoms with Gasteiger partial charge in [-0.2, -0.15) is 5.10 Å². The molecule has 3 aliphatic rings. The molecule has 188 valence electrons. The standard InChI is InChI=1S/C24H24ClN5O6/c25-17-3-1-16(2-4-17)13-26-27-23(31)22-20-14-34-24(35-15-21(20)36-28-22)9-11-29(12-10-24)18-5-7-19(8-6-18)30(32)33/h1-8,13,20-21H,9-12,14-15H2,(H,27,31)/b26-13+. The average molecular weight is 514 g/mol. The van der Waals surface area contributed by atoms with Crippen molar-refractivity contribution < 1.29 is 24.0 Å². The monoisotopic (exact) mass is 513 g/mol. The van der Waals surface area contributed by atoms with Gasteiger partial charge >= 0.3 is 0 Å². The minimum Gasteiger partial charge on any atom is -0.389 e. The number of benzene rings is 2. The second-order valence-electron chi connectivity index (χ2n) is 8.77. The minimum atomic E-state index is -0.778. The Bertz CT molecular complexity index is 1180. The number of halogens is 1. The molecular weight excluding hydrogens is 490 g/mol. The molecule has 3 aliphatic heterocycles. The Kier molecular flexibility index (Phi) is 6.86. The zero-order chi connectivity index (χ0) is 25.1. The maximum Gasteiger partial charge on any atom is 0.289 e. The molecule has 3 heterocycles. The lowest BCUT2D eigenvalue weighted by Crippen LogP contribution is -2.48. The fourth-order valence-electron chi connectivity index (χ4n) is 4.45. The number of rotatable bonds is 5. The SMILES string of the molecule is O=C(N/N=C/c1ccc(Cl)cc1)C1=NOC2COC3(CCN(c4ccc([N+](=O)[O-])cc4)CC3)OCC12. The quantitative estimate of drug-likeness (QED) is 0.369. The molecule has 0 aromatic heterocycles. The molecule has 12 heteroatoms. The number of nitrogens with one attached hydrogen (secondary N) is 1. The Morgan fingerprint density at radius 3 is 2.53 bits per heavy atom. The summed E-state index contributed by atoms with van der Waals surface area (Å²) in [7, 11) is 0. The number of nitrogens with zero attached hydrogens (tertiary/aromatic N) is 4. The van der Waals surface area contributed by atoms with E-state index in [0.717, 1.165) is 11.3 Å². The molecule has 0 aliphatic carbocycles. The maximum absolute atomic E-state index is 12.7. The van der Waals surface area contributed by atoms with Crippen LogP contribution < -0.4 is 10.3 Å². The third-order valence-corrected chi connectivity index (χ3v) is 6.81. The van der Waals surface area contributed by atoms with Gasteiger partial charge < -0.3 is 19.2 Å². The van der Waals surface area contributed by atoms with E-state index in [2.05, 4.69) is 20.6 Å². The predicted molar refractivity (Wildman–Crippen MR) is 132 cm³/mol. The van der Waals surface area contributed by atoms with Crippen molar-refractivity contribution in [3.05, 3.63) is 69.2 Å². The number of amides is 1. The summed E-state index contributed by atoms with van der Waals surface area (Å²) < 4.78 is 12.4. The van der Waals surface area contributed by atoms with E-state index >= 15 is 0 Å². The van der Waals surface area contributed by atoms with Crippen LogP contribution in [0.4, 0.5) is 11.4 Å². The number of carbonyl (C=O) groups is 1. The number of oxime groups is 1. The highest BCUT2D eigenvalue weighted by Crippen LogP contribution is 2.36. The van der Waals surface area contributed by atoms with E-state index in [9.17, 15) is 14.9 Å². The van der Waals surface area contributed by atoms with Crippen LogP contribution in [0.3, 0.4) is 0 Å². The van der Waals surface area contributed by atoms with Crippen molar-refractivity contribution in [2.45, 2.75) is 24.7 Å². The van der Waals surface area contributed by atoms with Gasteiger partial charge in [-0.05, 0) is 29.8 Å². The predicted octanol–water partition coefficient (Wildman–Crippen LogP) is 3.11. The van der Waals surface area contributed by atoms with Crippen molar-refractivity contribution in [3.63, 3.8) is 0 Å². The molecular formula is C24H24ClN5O6. The van der Waals surface area contributed by atoms with Crippen molar-refractivity contribution in [1.29, 1.82) is 0 Å². The molecule has 11 nitrogen and oxygen atoms in total. The van der Waals surface area contributed by atoms with Crippen LogP contribution in [-0.4, -0.2) is 61.0 Å². The number of nitro benzene ring substituents is 1. The molecule has 0 saturated carbocycles. The minimum absolute atomic E-state index is 0.0615. The highest BCUT2D eigenvalue weighted by molar-refractivity contribution is 6.40. The summed E-state index contributed by atoms with van der Waals surface area (Å²) in [4.78, 5) is 30.8. The molecule has 2 saturated heterocycles. The van der Waals surface area contributed by atoms with Crippen molar-refractivity contribution in [1.82, 2.24) is 5.43 Å². The van der Waals surface area contributed by atoms with E-state index in [-0.39, 0.29) is 30.5 Å². The number of anilines is 1. The van der Waals surface area contributed by atoms with Gasteiger partial charge in [0.15, 0.2) is 17.6 Å². The van der Waals surface area contributed by atoms with E-state index in [1.165, 1.54) is 18.3 Å². The summed E-state index contributed by atoms with van der Waals surface area (Å²) in [6.45, 7) is 1.80. The molecule has 36 heavy (non-hydrogen) atoms. The number of nitro groups is 1. The summed E-state index contributed by atoms with van der Waals surface area (Å²) in [6, 6.07) is 13.5. The number of fused-ring (bicyclic) bond motifs is 1. The van der Waals surface area contributed by atoms with E-state index in [0.29, 0.717) is 31.0 Å². The molecule has 0 radical (unpaired) electrons. The number of piperidine rings is 1. The highest BCUT2D eigenvalue weighted by Gasteiger charge is 2.47. The summed E-state index contributed by atoms with van der Waals surface area (Å²) in [5.41, 5.74) is 4.47. The fourth-order valence-corrected chi connectivity index (χ4v) is 4.58. The van der Waals surface area contributed by atoms with Crippen LogP contribution in [0.5, 0.6) is 0 Å². The molecule has 1 N–H and O–H groups in total. The second-order valence-corrected chi connectivity index (χ2v) is 9.21. The van der Waals surface area contributed by atoms with Crippen LogP contribution in [0.25, 0.3) is 0 Å². The van der Waals surface area contributed by atoms with Crippen LogP contribution >= 0.6 is 11.6 Å². The Morgan fingerprint density at radius 1 is 1.14 bits per heavy atom. The molecule has 2 fully saturated rings. The molecule has 2 unspecified atom stereocenters. The van der Waals surface area contributed by atoms with E-state index in [1.807, 2.05) is 0 Å². The van der Waals surface area contributed by atoms with Gasteiger partial charge in [0.2, 0.25) is 0 Å². The van der Waals surface area contributed by atoms with Gasteiger partial charge in [0.25, 0.3) is 11.6 Å². The molecule has 2 aromatic carbocycles. The van der Waals surface area contributed by atoms with Crippen LogP contribution in [0.1, 0.15) is 18.4 Å². The zero-order valence-corrected chi connectivity index (χ0v) is 20.0. The number of carbonyl (C=O) groups excluding carboxylic acids is 1. The summed E-state index contributed by atoms with van der Waals surface area (Å²) in [5.74, 6) is -1.61. The third-order valence-electron chi connectivity index (χ3n) is 6.56. The smallest absolute Gasteiger partial charge is 0.289 e. The number of hydrogen-bond donors (Lipinski definition) is 1. The van der Waals surface area contributed by atoms with E-state index in [1.54, 1.807) is 36.4 Å². The van der Waals surface area contributed by atoms with Gasteiger partial charge in [0, 0.05) is 48.8 Å². The normalized spacial score (nSPS) is 23.0. The lowest BCUT2D eigenvalue weighted by Gasteiger charge is -2.41. The first-order chi connectivity index (χ1) is 17.4. The Labute approximate surface area is 211 Å². The molecule has 1 spiro atoms. The molecule has 0 bridgehead atoms. The van der Waals surface area contributed by atoms with Crippen LogP contribution in [0.15, 0.2) is 58.8 Å². The van der Waals surface area contributed by atoms with Crippen molar-refractivity contribution in [2.24, 2.45) is 16.2 Å². The van der Waals surface area contributed by atoms with Crippen LogP contribution in [0, 0.1) is 16.0 Å². The summed E-state index contributed by atoms with van der Waals surface area (Å²) in [6.07, 6.45) is 2.31. The molecule has 1 amide bonds. The topological polar surface area (TPSA) is 128 Å². The summed E-state index contributed by atoms with van der Waals surface area (Å²) in [5, 5.41) is 19.5. The van der Waals surface area contributed by atoms with Crippen molar-refractivity contribution in [3.8, 4) is 0 Å². The number of ether oxygens (including phenoxy) is 2. The molecule has 2 aromatic rings. The third kappa shape index (κ3) is 5.18. The number of non-ortho nitro benzene ring substituents is 1. The van der Waals surface area contributed by atoms with Crippen molar-refractivity contribution in [2.75, 3.05) is 31.2 Å². The Balaban J connectivity index is 1.16. The summed E-state index contributed by atoms with van der Waals surface area (Å²) >= 11 is 5.88. The van der Waals surface area contributed by atoms with Crippen LogP contribution in [-0.2, 0) is 19.1 Å². The zero-order valence-electron chi connectivity index (χ0n) is 19.2. The lowest BCUT2D eigenvalue weighted by molar-refractivity contribution is -0.384. The van der Waals surface area contributed by atoms with E-state index < -0.39 is 22.7 Å². The second kappa shape index (κ2) is 10.2. The lowest BCUT2D eigenvalue weighted by atomic mass is 9.98. The first kappa shape index (κ1) is 24.2. The van der Waals surface area contributed by atoms with Gasteiger partial charge in [-0.15, -0.1) is 0 Å². The van der Waals surface area contributed by atoms with Crippen molar-refractivity contribution >= 4 is 40.8 Å². The number of hydrazone groups is 1. The average Bonchev–Trinajstić information content (AvgIpc) is 3.23. The van der Waals surface area contributed by atoms with Crippen LogP contribution in [0.2, 0.25) is 5.02 Å². The van der Waals surface area contributed by atoms with Gasteiger partial charge in [-0.3, -0.25) is 14.9 Å². The van der Waals surface area contributed by atoms with Gasteiger partial charge in [0.1, 0.15) is 0 Å². The number of hydrogen-bond acceptors (Lipinski definition) is 9. The molecule has 5 rings (SSSR count). The largest absolute Gasteiger partial charge is 0.389 e. The Morgan fingerprint density at radius 2 is 1.83 bits per heavy atom. The van der Waals surface area contributed by atoms with Gasteiger partial charge in [-0.25, -0.2) is 5.43 Å². The first-order valence-electron chi connectivity index (χ1n) is 11.5.